The second-order valence-corrected chi connectivity index (χ2v) is 7.67. The zero-order valence-corrected chi connectivity index (χ0v) is 18.0. The second kappa shape index (κ2) is 12.1. The molecule has 0 aliphatic rings. The van der Waals surface area contributed by atoms with Gasteiger partial charge in [-0.25, -0.2) is 0 Å². The lowest BCUT2D eigenvalue weighted by Gasteiger charge is -2.29. The number of nitro benzene ring substituents is 3. The average Bonchev–Trinajstić information content (AvgIpc) is 2.59. The molecule has 0 fully saturated rings. The van der Waals surface area contributed by atoms with Gasteiger partial charge in [0.1, 0.15) is 0 Å². The van der Waals surface area contributed by atoms with Crippen molar-refractivity contribution < 1.29 is 39.1 Å². The number of likely N-dealkylation sites (N-methyl/N-ethyl adjacent to an activating group) is 1. The largest absolute Gasteiger partial charge is 0.863 e. The number of carboxylic acid groups (broad SMARTS) is 1. The summed E-state index contributed by atoms with van der Waals surface area (Å²) in [6.45, 7) is 2.54. The lowest BCUT2D eigenvalue weighted by molar-refractivity contribution is -0.871. The molecule has 0 bridgehead atoms. The van der Waals surface area contributed by atoms with Crippen LogP contribution in [0, 0.1) is 30.3 Å². The third-order valence-corrected chi connectivity index (χ3v) is 3.67. The molecule has 0 unspecified atom stereocenters. The van der Waals surface area contributed by atoms with Gasteiger partial charge in [0.25, 0.3) is 17.1 Å². The first-order valence-corrected chi connectivity index (χ1v) is 9.18. The number of nitrogens with zero attached hydrogens (tertiary/aromatic N) is 4. The van der Waals surface area contributed by atoms with Crippen LogP contribution in [0.3, 0.4) is 0 Å². The molecule has 0 heterocycles. The zero-order valence-electron chi connectivity index (χ0n) is 18.0. The Morgan fingerprint density at radius 2 is 1.50 bits per heavy atom. The summed E-state index contributed by atoms with van der Waals surface area (Å²) >= 11 is 0. The van der Waals surface area contributed by atoms with Gasteiger partial charge in [-0.3, -0.25) is 39.9 Å². The number of carbonyl (C=O) groups is 2. The van der Waals surface area contributed by atoms with Gasteiger partial charge in [-0.2, -0.15) is 0 Å². The van der Waals surface area contributed by atoms with Crippen molar-refractivity contribution in [3.05, 3.63) is 42.5 Å². The molecule has 178 valence electrons. The molecule has 1 aromatic carbocycles. The topological polar surface area (TPSA) is 219 Å². The number of non-ortho nitro benzene ring substituents is 1. The van der Waals surface area contributed by atoms with Crippen molar-refractivity contribution in [3.8, 4) is 5.75 Å². The van der Waals surface area contributed by atoms with Crippen molar-refractivity contribution in [3.63, 3.8) is 0 Å². The third kappa shape index (κ3) is 10.2. The van der Waals surface area contributed by atoms with Crippen LogP contribution in [0.1, 0.15) is 26.2 Å². The Bertz CT molecular complexity index is 846. The van der Waals surface area contributed by atoms with Crippen molar-refractivity contribution in [1.82, 2.24) is 5.32 Å². The molecule has 1 atom stereocenters. The Kier molecular flexibility index (Phi) is 10.6. The predicted octanol–water partition coefficient (Wildman–Crippen LogP) is 0.937. The van der Waals surface area contributed by atoms with Crippen molar-refractivity contribution in [2.24, 2.45) is 0 Å². The van der Waals surface area contributed by atoms with Gasteiger partial charge in [0.05, 0.1) is 72.8 Å². The Morgan fingerprint density at radius 1 is 1.03 bits per heavy atom. The Balaban J connectivity index is 0.000000601. The molecule has 0 saturated heterocycles. The van der Waals surface area contributed by atoms with E-state index in [1.54, 1.807) is 0 Å². The van der Waals surface area contributed by atoms with Crippen LogP contribution in [-0.4, -0.2) is 70.0 Å². The SMILES string of the molecule is CCCC(=O)N[C@H](CC(=O)O)C[N+](C)(C)C.O=[N+]([O-])c1cc([N+](=O)[O-])c([O-])c([N+](=O)[O-])c1. The van der Waals surface area contributed by atoms with E-state index in [0.29, 0.717) is 29.6 Å². The first-order chi connectivity index (χ1) is 14.6. The molecule has 1 aromatic rings. The summed E-state index contributed by atoms with van der Waals surface area (Å²) in [5.41, 5.74) is -3.26. The summed E-state index contributed by atoms with van der Waals surface area (Å²) in [7, 11) is 5.92. The number of nitro groups is 3. The maximum absolute atomic E-state index is 11.4. The van der Waals surface area contributed by atoms with E-state index < -0.39 is 43.6 Å². The van der Waals surface area contributed by atoms with Crippen LogP contribution in [0.4, 0.5) is 17.1 Å². The quantitative estimate of drug-likeness (QED) is 0.286. The van der Waals surface area contributed by atoms with E-state index in [1.165, 1.54) is 0 Å². The van der Waals surface area contributed by atoms with Crippen molar-refractivity contribution in [2.75, 3.05) is 27.7 Å². The standard InChI is InChI=1S/C11H22N2O3.C6H3N3O7/c1-5-6-10(14)12-9(7-11(15)16)8-13(2,3)4;10-6-4(8(13)14)1-3(7(11)12)2-5(6)9(15)16/h9H,5-8H2,1-4H3,(H-,12,14,15,16);1-2,10H/t9-;/m1./s1. The molecule has 15 heteroatoms. The minimum Gasteiger partial charge on any atom is -0.863 e. The molecular weight excluding hydrogens is 434 g/mol. The number of rotatable bonds is 10. The third-order valence-electron chi connectivity index (χ3n) is 3.67. The number of quaternary nitrogens is 1. The number of hydrogen-bond acceptors (Lipinski definition) is 9. The van der Waals surface area contributed by atoms with E-state index in [-0.39, 0.29) is 18.4 Å². The van der Waals surface area contributed by atoms with Crippen molar-refractivity contribution in [2.45, 2.75) is 32.2 Å². The van der Waals surface area contributed by atoms with Crippen LogP contribution < -0.4 is 10.4 Å². The molecule has 15 nitrogen and oxygen atoms in total. The van der Waals surface area contributed by atoms with Gasteiger partial charge in [-0.05, 0) is 6.42 Å². The van der Waals surface area contributed by atoms with Crippen LogP contribution in [0.5, 0.6) is 5.75 Å². The van der Waals surface area contributed by atoms with E-state index >= 15 is 0 Å². The molecule has 0 aromatic heterocycles. The molecule has 0 radical (unpaired) electrons. The normalized spacial score (nSPS) is 11.5. The van der Waals surface area contributed by atoms with Gasteiger partial charge in [-0.1, -0.05) is 6.92 Å². The molecule has 0 saturated carbocycles. The first kappa shape index (κ1) is 28.1. The Labute approximate surface area is 182 Å². The summed E-state index contributed by atoms with van der Waals surface area (Å²) in [6.07, 6.45) is 1.20. The maximum Gasteiger partial charge on any atom is 0.305 e. The molecular formula is C17H25N5O10. The zero-order chi connectivity index (χ0) is 25.2. The molecule has 1 amide bonds. The summed E-state index contributed by atoms with van der Waals surface area (Å²) in [5.74, 6) is -2.40. The fraction of sp³-hybridized carbons (Fsp3) is 0.529. The number of carboxylic acids is 1. The molecule has 32 heavy (non-hydrogen) atoms. The minimum atomic E-state index is -1.46. The van der Waals surface area contributed by atoms with Crippen LogP contribution in [0.25, 0.3) is 0 Å². The van der Waals surface area contributed by atoms with Gasteiger partial charge in [0.15, 0.2) is 0 Å². The second-order valence-electron chi connectivity index (χ2n) is 7.67. The lowest BCUT2D eigenvalue weighted by Crippen LogP contribution is -2.49. The molecule has 2 N–H and O–H groups in total. The number of aliphatic carboxylic acids is 1. The summed E-state index contributed by atoms with van der Waals surface area (Å²) in [6, 6.07) is 0.474. The van der Waals surface area contributed by atoms with Crippen LogP contribution in [0.15, 0.2) is 12.1 Å². The molecule has 0 spiro atoms. The van der Waals surface area contributed by atoms with E-state index in [9.17, 15) is 45.0 Å². The first-order valence-electron chi connectivity index (χ1n) is 9.18. The highest BCUT2D eigenvalue weighted by Gasteiger charge is 2.24. The maximum atomic E-state index is 11.4. The highest BCUT2D eigenvalue weighted by atomic mass is 16.6. The minimum absolute atomic E-state index is 0.0228. The number of carbonyl (C=O) groups excluding carboxylic acids is 1. The Morgan fingerprint density at radius 3 is 1.81 bits per heavy atom. The van der Waals surface area contributed by atoms with Gasteiger partial charge < -0.3 is 20.0 Å². The predicted molar refractivity (Wildman–Crippen MR) is 108 cm³/mol. The van der Waals surface area contributed by atoms with Gasteiger partial charge >= 0.3 is 5.97 Å². The molecule has 1 rings (SSSR count). The monoisotopic (exact) mass is 459 g/mol. The van der Waals surface area contributed by atoms with E-state index in [0.717, 1.165) is 6.42 Å². The fourth-order valence-electron chi connectivity index (χ4n) is 2.52. The summed E-state index contributed by atoms with van der Waals surface area (Å²) in [4.78, 5) is 49.6. The van der Waals surface area contributed by atoms with E-state index in [2.05, 4.69) is 5.32 Å². The van der Waals surface area contributed by atoms with Crippen LogP contribution >= 0.6 is 0 Å². The van der Waals surface area contributed by atoms with Crippen LogP contribution in [0.2, 0.25) is 0 Å². The van der Waals surface area contributed by atoms with Gasteiger partial charge in [-0.15, -0.1) is 0 Å². The Hall–Kier alpha value is -3.88. The summed E-state index contributed by atoms with van der Waals surface area (Å²) in [5, 5.41) is 53.6. The average molecular weight is 459 g/mol. The summed E-state index contributed by atoms with van der Waals surface area (Å²) < 4.78 is 0.629. The molecule has 0 aliphatic carbocycles. The highest BCUT2D eigenvalue weighted by Crippen LogP contribution is 2.36. The smallest absolute Gasteiger partial charge is 0.305 e. The van der Waals surface area contributed by atoms with Gasteiger partial charge in [0, 0.05) is 6.42 Å². The van der Waals surface area contributed by atoms with Gasteiger partial charge in [0.2, 0.25) is 5.91 Å². The van der Waals surface area contributed by atoms with E-state index in [4.69, 9.17) is 5.11 Å². The fourth-order valence-corrected chi connectivity index (χ4v) is 2.52. The van der Waals surface area contributed by atoms with Crippen molar-refractivity contribution >= 4 is 28.9 Å². The highest BCUT2D eigenvalue weighted by molar-refractivity contribution is 5.77. The number of hydrogen-bond donors (Lipinski definition) is 2. The van der Waals surface area contributed by atoms with E-state index in [1.807, 2.05) is 28.1 Å². The number of benzene rings is 1. The number of amides is 1. The van der Waals surface area contributed by atoms with Crippen LogP contribution in [-0.2, 0) is 9.59 Å². The molecule has 0 aliphatic heterocycles. The van der Waals surface area contributed by atoms with Crippen molar-refractivity contribution in [1.29, 1.82) is 0 Å². The number of nitrogens with one attached hydrogen (secondary N) is 1. The lowest BCUT2D eigenvalue weighted by atomic mass is 10.1.